The number of hydrogen-bond donors (Lipinski definition) is 1. The van der Waals surface area contributed by atoms with E-state index in [9.17, 15) is 4.79 Å². The second kappa shape index (κ2) is 4.59. The van der Waals surface area contributed by atoms with E-state index in [0.717, 1.165) is 16.7 Å². The van der Waals surface area contributed by atoms with Crippen LogP contribution in [-0.2, 0) is 14.3 Å². The Kier molecular flexibility index (Phi) is 2.91. The van der Waals surface area contributed by atoms with Crippen molar-refractivity contribution in [3.8, 4) is 0 Å². The highest BCUT2D eigenvalue weighted by molar-refractivity contribution is 5.90. The number of para-hydroxylation sites is 1. The van der Waals surface area contributed by atoms with Gasteiger partial charge in [-0.15, -0.1) is 0 Å². The lowest BCUT2D eigenvalue weighted by atomic mass is 9.86. The molecule has 2 heterocycles. The van der Waals surface area contributed by atoms with Gasteiger partial charge in [0.15, 0.2) is 0 Å². The Bertz CT molecular complexity index is 600. The van der Waals surface area contributed by atoms with Crippen LogP contribution in [0.4, 0.5) is 5.69 Å². The molecule has 0 unspecified atom stereocenters. The minimum absolute atomic E-state index is 0.237. The Balaban J connectivity index is 1.77. The molecular formula is C14H15NO4. The molecule has 0 spiro atoms. The molecule has 3 rings (SSSR count). The summed E-state index contributed by atoms with van der Waals surface area (Å²) in [4.78, 5) is 11.8. The maximum atomic E-state index is 11.8. The summed E-state index contributed by atoms with van der Waals surface area (Å²) in [6, 6.07) is 7.75. The van der Waals surface area contributed by atoms with Gasteiger partial charge >= 0.3 is 5.97 Å². The molecule has 0 amide bonds. The molecule has 1 aromatic carbocycles. The zero-order valence-electron chi connectivity index (χ0n) is 10.6. The number of fused-ring (bicyclic) bond motifs is 1. The van der Waals surface area contributed by atoms with Crippen molar-refractivity contribution in [2.75, 3.05) is 32.2 Å². The monoisotopic (exact) mass is 261 g/mol. The van der Waals surface area contributed by atoms with E-state index in [1.165, 1.54) is 7.11 Å². The van der Waals surface area contributed by atoms with Gasteiger partial charge in [0.05, 0.1) is 26.0 Å². The predicted molar refractivity (Wildman–Crippen MR) is 70.0 cm³/mol. The molecule has 1 saturated heterocycles. The van der Waals surface area contributed by atoms with Crippen LogP contribution >= 0.6 is 0 Å². The first-order valence-corrected chi connectivity index (χ1v) is 6.11. The van der Waals surface area contributed by atoms with E-state index in [1.54, 1.807) is 6.26 Å². The molecule has 0 aliphatic carbocycles. The molecule has 0 bridgehead atoms. The van der Waals surface area contributed by atoms with Crippen molar-refractivity contribution in [1.29, 1.82) is 0 Å². The molecule has 5 nitrogen and oxygen atoms in total. The largest absolute Gasteiger partial charge is 0.468 e. The number of ether oxygens (including phenoxy) is 2. The lowest BCUT2D eigenvalue weighted by Crippen LogP contribution is -2.54. The molecule has 2 aromatic rings. The maximum absolute atomic E-state index is 11.8. The zero-order chi connectivity index (χ0) is 13.3. The number of esters is 1. The molecule has 1 fully saturated rings. The van der Waals surface area contributed by atoms with Gasteiger partial charge in [-0.2, -0.15) is 0 Å². The molecule has 1 N–H and O–H groups in total. The van der Waals surface area contributed by atoms with Crippen molar-refractivity contribution < 1.29 is 18.7 Å². The van der Waals surface area contributed by atoms with Crippen molar-refractivity contribution in [3.63, 3.8) is 0 Å². The molecular weight excluding hydrogens is 246 g/mol. The fraction of sp³-hybridized carbons (Fsp3) is 0.357. The second-order valence-electron chi connectivity index (χ2n) is 4.76. The number of nitrogens with one attached hydrogen (secondary N) is 1. The average Bonchev–Trinajstić information content (AvgIpc) is 2.81. The molecule has 1 aliphatic rings. The third-order valence-electron chi connectivity index (χ3n) is 3.47. The summed E-state index contributed by atoms with van der Waals surface area (Å²) in [5.41, 5.74) is 1.13. The minimum atomic E-state index is -0.576. The number of methoxy groups -OCH3 is 1. The van der Waals surface area contributed by atoms with Crippen molar-refractivity contribution in [3.05, 3.63) is 30.5 Å². The number of anilines is 1. The van der Waals surface area contributed by atoms with Crippen LogP contribution in [0.1, 0.15) is 0 Å². The number of rotatable bonds is 4. The molecule has 19 heavy (non-hydrogen) atoms. The maximum Gasteiger partial charge on any atom is 0.318 e. The Labute approximate surface area is 110 Å². The number of benzene rings is 1. The van der Waals surface area contributed by atoms with Crippen LogP contribution in [0.3, 0.4) is 0 Å². The van der Waals surface area contributed by atoms with Gasteiger partial charge in [-0.1, -0.05) is 12.1 Å². The van der Waals surface area contributed by atoms with E-state index in [2.05, 4.69) is 5.32 Å². The Morgan fingerprint density at radius 3 is 2.89 bits per heavy atom. The SMILES string of the molecule is COC(=O)C1(CNc2coc3ccccc23)COC1. The summed E-state index contributed by atoms with van der Waals surface area (Å²) in [6.45, 7) is 1.26. The van der Waals surface area contributed by atoms with Crippen molar-refractivity contribution >= 4 is 22.6 Å². The van der Waals surface area contributed by atoms with Gasteiger partial charge in [-0.3, -0.25) is 4.79 Å². The highest BCUT2D eigenvalue weighted by atomic mass is 16.5. The number of carbonyl (C=O) groups is 1. The molecule has 5 heteroatoms. The van der Waals surface area contributed by atoms with Crippen LogP contribution in [0.15, 0.2) is 34.9 Å². The van der Waals surface area contributed by atoms with Gasteiger partial charge in [0.1, 0.15) is 17.3 Å². The highest BCUT2D eigenvalue weighted by Gasteiger charge is 2.47. The third kappa shape index (κ3) is 1.96. The normalized spacial score (nSPS) is 16.9. The van der Waals surface area contributed by atoms with E-state index in [4.69, 9.17) is 13.9 Å². The number of hydrogen-bond acceptors (Lipinski definition) is 5. The van der Waals surface area contributed by atoms with Crippen molar-refractivity contribution in [2.24, 2.45) is 5.41 Å². The lowest BCUT2D eigenvalue weighted by Gasteiger charge is -2.38. The van der Waals surface area contributed by atoms with Crippen LogP contribution < -0.4 is 5.32 Å². The van der Waals surface area contributed by atoms with E-state index >= 15 is 0 Å². The fourth-order valence-electron chi connectivity index (χ4n) is 2.24. The summed E-state index contributed by atoms with van der Waals surface area (Å²) < 4.78 is 15.4. The fourth-order valence-corrected chi connectivity index (χ4v) is 2.24. The first kappa shape index (κ1) is 12.0. The van der Waals surface area contributed by atoms with Gasteiger partial charge in [0, 0.05) is 11.9 Å². The molecule has 0 atom stereocenters. The van der Waals surface area contributed by atoms with Crippen molar-refractivity contribution in [1.82, 2.24) is 0 Å². The standard InChI is InChI=1S/C14H15NO4/c1-17-13(16)14(8-18-9-14)7-15-11-6-19-12-5-3-2-4-10(11)12/h2-6,15H,7-9H2,1H3. The predicted octanol–water partition coefficient (Wildman–Crippen LogP) is 2.03. The van der Waals surface area contributed by atoms with Gasteiger partial charge in [0.2, 0.25) is 0 Å². The molecule has 100 valence electrons. The van der Waals surface area contributed by atoms with E-state index in [0.29, 0.717) is 19.8 Å². The van der Waals surface area contributed by atoms with E-state index in [-0.39, 0.29) is 5.97 Å². The number of carbonyl (C=O) groups excluding carboxylic acids is 1. The summed E-state index contributed by atoms with van der Waals surface area (Å²) in [5, 5.41) is 4.25. The summed E-state index contributed by atoms with van der Waals surface area (Å²) in [5.74, 6) is -0.237. The van der Waals surface area contributed by atoms with E-state index < -0.39 is 5.41 Å². The van der Waals surface area contributed by atoms with E-state index in [1.807, 2.05) is 24.3 Å². The first-order valence-electron chi connectivity index (χ1n) is 6.11. The summed E-state index contributed by atoms with van der Waals surface area (Å²) in [7, 11) is 1.40. The highest BCUT2D eigenvalue weighted by Crippen LogP contribution is 2.31. The summed E-state index contributed by atoms with van der Waals surface area (Å²) in [6.07, 6.45) is 1.66. The first-order chi connectivity index (χ1) is 9.25. The number of furan rings is 1. The Morgan fingerprint density at radius 2 is 2.21 bits per heavy atom. The topological polar surface area (TPSA) is 60.7 Å². The van der Waals surface area contributed by atoms with Crippen molar-refractivity contribution in [2.45, 2.75) is 0 Å². The minimum Gasteiger partial charge on any atom is -0.468 e. The van der Waals surface area contributed by atoms with Crippen LogP contribution in [0.2, 0.25) is 0 Å². The summed E-state index contributed by atoms with van der Waals surface area (Å²) >= 11 is 0. The molecule has 1 aromatic heterocycles. The van der Waals surface area contributed by atoms with Gasteiger partial charge in [-0.25, -0.2) is 0 Å². The Hall–Kier alpha value is -2.01. The molecule has 0 radical (unpaired) electrons. The molecule has 0 saturated carbocycles. The van der Waals surface area contributed by atoms with Crippen LogP contribution in [0.25, 0.3) is 11.0 Å². The lowest BCUT2D eigenvalue weighted by molar-refractivity contribution is -0.180. The second-order valence-corrected chi connectivity index (χ2v) is 4.76. The van der Waals surface area contributed by atoms with Crippen LogP contribution in [0.5, 0.6) is 0 Å². The quantitative estimate of drug-likeness (QED) is 0.853. The van der Waals surface area contributed by atoms with Gasteiger partial charge in [-0.05, 0) is 12.1 Å². The van der Waals surface area contributed by atoms with Crippen LogP contribution in [-0.4, -0.2) is 32.8 Å². The average molecular weight is 261 g/mol. The van der Waals surface area contributed by atoms with Gasteiger partial charge < -0.3 is 19.2 Å². The zero-order valence-corrected chi connectivity index (χ0v) is 10.6. The van der Waals surface area contributed by atoms with Crippen LogP contribution in [0, 0.1) is 5.41 Å². The third-order valence-corrected chi connectivity index (χ3v) is 3.47. The van der Waals surface area contributed by atoms with Gasteiger partial charge in [0.25, 0.3) is 0 Å². The smallest absolute Gasteiger partial charge is 0.318 e. The Morgan fingerprint density at radius 1 is 1.42 bits per heavy atom. The molecule has 1 aliphatic heterocycles.